The molecule has 6 rings (SSSR count). The SMILES string of the molecule is O=C(Nc1n[nH]c2c1CN(S(=O)(=O)c1cc(F)cc(F)c1)CC2)C1=C(NC2CCOCC2)C=C(OCCN2CCCC2)CC1. The van der Waals surface area contributed by atoms with E-state index >= 15 is 0 Å². The summed E-state index contributed by atoms with van der Waals surface area (Å²) < 4.78 is 66.9. The minimum absolute atomic E-state index is 0.0959. The Balaban J connectivity index is 1.19. The first-order chi connectivity index (χ1) is 21.3. The van der Waals surface area contributed by atoms with Crippen molar-refractivity contribution in [2.24, 2.45) is 0 Å². The van der Waals surface area contributed by atoms with Crippen molar-refractivity contribution in [3.63, 3.8) is 0 Å². The summed E-state index contributed by atoms with van der Waals surface area (Å²) in [6, 6.07) is 2.38. The van der Waals surface area contributed by atoms with Gasteiger partial charge in [0.1, 0.15) is 18.2 Å². The minimum Gasteiger partial charge on any atom is -0.497 e. The molecule has 0 bridgehead atoms. The van der Waals surface area contributed by atoms with Crippen molar-refractivity contribution in [3.8, 4) is 0 Å². The van der Waals surface area contributed by atoms with Gasteiger partial charge in [-0.05, 0) is 63.4 Å². The lowest BCUT2D eigenvalue weighted by Crippen LogP contribution is -2.37. The lowest BCUT2D eigenvalue weighted by atomic mass is 9.98. The van der Waals surface area contributed by atoms with Crippen LogP contribution in [0.2, 0.25) is 0 Å². The number of hydrogen-bond donors (Lipinski definition) is 3. The second-order valence-corrected chi connectivity index (χ2v) is 13.5. The number of allylic oxidation sites excluding steroid dienone is 2. The summed E-state index contributed by atoms with van der Waals surface area (Å²) in [6.07, 6.45) is 7.36. The maximum absolute atomic E-state index is 13.8. The van der Waals surface area contributed by atoms with Crippen LogP contribution in [0.3, 0.4) is 0 Å². The van der Waals surface area contributed by atoms with Gasteiger partial charge in [-0.3, -0.25) is 14.8 Å². The molecule has 0 saturated carbocycles. The van der Waals surface area contributed by atoms with E-state index in [4.69, 9.17) is 9.47 Å². The number of hydrogen-bond acceptors (Lipinski definition) is 8. The van der Waals surface area contributed by atoms with Crippen LogP contribution in [-0.2, 0) is 37.3 Å². The molecule has 3 N–H and O–H groups in total. The zero-order valence-corrected chi connectivity index (χ0v) is 25.4. The van der Waals surface area contributed by atoms with Gasteiger partial charge < -0.3 is 20.1 Å². The molecule has 4 heterocycles. The number of amides is 1. The Kier molecular flexibility index (Phi) is 9.31. The number of likely N-dealkylation sites (tertiary alicyclic amines) is 1. The molecule has 3 aliphatic heterocycles. The molecule has 2 fully saturated rings. The Morgan fingerprint density at radius 3 is 2.57 bits per heavy atom. The molecule has 0 spiro atoms. The van der Waals surface area contributed by atoms with Gasteiger partial charge in [0, 0.05) is 80.3 Å². The third kappa shape index (κ3) is 6.98. The molecule has 44 heavy (non-hydrogen) atoms. The van der Waals surface area contributed by atoms with Gasteiger partial charge in [0.2, 0.25) is 10.0 Å². The second-order valence-electron chi connectivity index (χ2n) is 11.6. The maximum Gasteiger partial charge on any atom is 0.254 e. The first-order valence-corrected chi connectivity index (χ1v) is 16.7. The Hall–Kier alpha value is -3.33. The van der Waals surface area contributed by atoms with Crippen LogP contribution in [0.15, 0.2) is 46.2 Å². The summed E-state index contributed by atoms with van der Waals surface area (Å²) in [5.41, 5.74) is 2.49. The number of sulfonamides is 1. The van der Waals surface area contributed by atoms with Gasteiger partial charge in [0.15, 0.2) is 5.82 Å². The third-order valence-electron chi connectivity index (χ3n) is 8.60. The highest BCUT2D eigenvalue weighted by molar-refractivity contribution is 7.89. The second kappa shape index (κ2) is 13.3. The van der Waals surface area contributed by atoms with Gasteiger partial charge in [-0.1, -0.05) is 0 Å². The lowest BCUT2D eigenvalue weighted by molar-refractivity contribution is -0.113. The molecule has 11 nitrogen and oxygen atoms in total. The van der Waals surface area contributed by atoms with Crippen LogP contribution in [0.25, 0.3) is 0 Å². The third-order valence-corrected chi connectivity index (χ3v) is 10.4. The first kappa shape index (κ1) is 30.7. The number of aromatic amines is 1. The Morgan fingerprint density at radius 2 is 1.82 bits per heavy atom. The van der Waals surface area contributed by atoms with E-state index in [1.54, 1.807) is 0 Å². The Labute approximate surface area is 255 Å². The van der Waals surface area contributed by atoms with E-state index in [1.807, 2.05) is 6.08 Å². The van der Waals surface area contributed by atoms with Crippen molar-refractivity contribution in [2.45, 2.75) is 62.4 Å². The van der Waals surface area contributed by atoms with Crippen molar-refractivity contribution in [1.82, 2.24) is 24.7 Å². The quantitative estimate of drug-likeness (QED) is 0.365. The zero-order chi connectivity index (χ0) is 30.7. The molecule has 0 atom stereocenters. The molecular formula is C30H38F2N6O5S. The largest absolute Gasteiger partial charge is 0.497 e. The average molecular weight is 633 g/mol. The van der Waals surface area contributed by atoms with Crippen molar-refractivity contribution in [2.75, 3.05) is 51.3 Å². The lowest BCUT2D eigenvalue weighted by Gasteiger charge is -2.28. The summed E-state index contributed by atoms with van der Waals surface area (Å²) in [5.74, 6) is -1.23. The Morgan fingerprint density at radius 1 is 1.07 bits per heavy atom. The molecule has 2 saturated heterocycles. The summed E-state index contributed by atoms with van der Waals surface area (Å²) in [4.78, 5) is 15.6. The molecule has 1 aromatic carbocycles. The van der Waals surface area contributed by atoms with Crippen LogP contribution in [0.5, 0.6) is 0 Å². The van der Waals surface area contributed by atoms with Crippen LogP contribution in [0.1, 0.15) is 49.8 Å². The number of rotatable bonds is 10. The normalized spacial score (nSPS) is 20.4. The van der Waals surface area contributed by atoms with Crippen LogP contribution < -0.4 is 10.6 Å². The number of H-pyrrole nitrogens is 1. The number of carbonyl (C=O) groups excluding carboxylic acids is 1. The van der Waals surface area contributed by atoms with Crippen LogP contribution >= 0.6 is 0 Å². The molecular weight excluding hydrogens is 594 g/mol. The summed E-state index contributed by atoms with van der Waals surface area (Å²) in [7, 11) is -4.19. The number of aromatic nitrogens is 2. The number of carbonyl (C=O) groups is 1. The topological polar surface area (TPSA) is 129 Å². The highest BCUT2D eigenvalue weighted by Gasteiger charge is 2.33. The standard InChI is InChI=1S/C30H38F2N6O5S/c31-20-15-21(32)17-24(16-20)44(40,41)38-10-5-27-26(19-38)29(36-35-27)34-30(39)25-4-3-23(43-14-11-37-8-1-2-9-37)18-28(25)33-22-6-12-42-13-7-22/h15-18,22,33H,1-14,19H2,(H2,34,35,36,39). The molecule has 14 heteroatoms. The van der Waals surface area contributed by atoms with Gasteiger partial charge in [-0.15, -0.1) is 0 Å². The molecule has 238 valence electrons. The molecule has 2 aromatic rings. The maximum atomic E-state index is 13.8. The molecule has 4 aliphatic rings. The number of anilines is 1. The average Bonchev–Trinajstić information content (AvgIpc) is 3.67. The first-order valence-electron chi connectivity index (χ1n) is 15.2. The predicted octanol–water partition coefficient (Wildman–Crippen LogP) is 3.19. The monoisotopic (exact) mass is 632 g/mol. The van der Waals surface area contributed by atoms with E-state index in [-0.39, 0.29) is 30.9 Å². The van der Waals surface area contributed by atoms with Gasteiger partial charge in [0.25, 0.3) is 5.91 Å². The zero-order valence-electron chi connectivity index (χ0n) is 24.5. The smallest absolute Gasteiger partial charge is 0.254 e. The van der Waals surface area contributed by atoms with E-state index in [0.29, 0.717) is 67.7 Å². The highest BCUT2D eigenvalue weighted by Crippen LogP contribution is 2.31. The van der Waals surface area contributed by atoms with Gasteiger partial charge in [0.05, 0.1) is 10.7 Å². The number of ether oxygens (including phenoxy) is 2. The molecule has 1 amide bonds. The summed E-state index contributed by atoms with van der Waals surface area (Å²) in [5, 5.41) is 13.6. The number of nitrogens with zero attached hydrogens (tertiary/aromatic N) is 3. The van der Waals surface area contributed by atoms with Gasteiger partial charge in [-0.25, -0.2) is 17.2 Å². The highest BCUT2D eigenvalue weighted by atomic mass is 32.2. The number of fused-ring (bicyclic) bond motifs is 1. The number of halogens is 2. The number of nitrogens with one attached hydrogen (secondary N) is 3. The van der Waals surface area contributed by atoms with Crippen molar-refractivity contribution in [1.29, 1.82) is 0 Å². The summed E-state index contributed by atoms with van der Waals surface area (Å²) >= 11 is 0. The molecule has 1 aromatic heterocycles. The number of benzene rings is 1. The van der Waals surface area contributed by atoms with Crippen molar-refractivity contribution >= 4 is 21.7 Å². The summed E-state index contributed by atoms with van der Waals surface area (Å²) in [6.45, 7) is 4.97. The molecule has 0 radical (unpaired) electrons. The fourth-order valence-electron chi connectivity index (χ4n) is 6.14. The van der Waals surface area contributed by atoms with E-state index in [1.165, 1.54) is 12.8 Å². The molecule has 0 unspecified atom stereocenters. The van der Waals surface area contributed by atoms with E-state index in [2.05, 4.69) is 25.7 Å². The predicted molar refractivity (Wildman–Crippen MR) is 158 cm³/mol. The minimum atomic E-state index is -4.19. The molecule has 1 aliphatic carbocycles. The van der Waals surface area contributed by atoms with Crippen molar-refractivity contribution in [3.05, 3.63) is 64.2 Å². The fraction of sp³-hybridized carbons (Fsp3) is 0.533. The Bertz CT molecular complexity index is 1530. The van der Waals surface area contributed by atoms with Crippen molar-refractivity contribution < 1.29 is 31.5 Å². The van der Waals surface area contributed by atoms with E-state index < -0.39 is 26.6 Å². The van der Waals surface area contributed by atoms with Crippen LogP contribution in [-0.4, -0.2) is 85.8 Å². The van der Waals surface area contributed by atoms with E-state index in [0.717, 1.165) is 54.7 Å². The van der Waals surface area contributed by atoms with Crippen LogP contribution in [0, 0.1) is 11.6 Å². The van der Waals surface area contributed by atoms with Gasteiger partial charge >= 0.3 is 0 Å². The fourth-order valence-corrected chi connectivity index (χ4v) is 7.60. The van der Waals surface area contributed by atoms with Crippen LogP contribution in [0.4, 0.5) is 14.6 Å². The van der Waals surface area contributed by atoms with E-state index in [9.17, 15) is 22.0 Å². The van der Waals surface area contributed by atoms with Gasteiger partial charge in [-0.2, -0.15) is 9.40 Å².